The van der Waals surface area contributed by atoms with Crippen LogP contribution >= 0.6 is 0 Å². The van der Waals surface area contributed by atoms with Crippen molar-refractivity contribution in [3.05, 3.63) is 60.4 Å². The van der Waals surface area contributed by atoms with Crippen molar-refractivity contribution < 1.29 is 4.74 Å². The van der Waals surface area contributed by atoms with Crippen LogP contribution in [0.25, 0.3) is 28.2 Å². The minimum atomic E-state index is 0.382. The van der Waals surface area contributed by atoms with Crippen molar-refractivity contribution in [3.8, 4) is 28.3 Å². The summed E-state index contributed by atoms with van der Waals surface area (Å²) in [5, 5.41) is 12.0. The van der Waals surface area contributed by atoms with Gasteiger partial charge in [0.1, 0.15) is 23.0 Å². The number of nitrogens with one attached hydrogen (secondary N) is 2. The van der Waals surface area contributed by atoms with Gasteiger partial charge in [-0.2, -0.15) is 5.10 Å². The summed E-state index contributed by atoms with van der Waals surface area (Å²) < 4.78 is 7.50. The highest BCUT2D eigenvalue weighted by Gasteiger charge is 2.30. The first-order valence-corrected chi connectivity index (χ1v) is 11.3. The summed E-state index contributed by atoms with van der Waals surface area (Å²) in [7, 11) is 1.70. The van der Waals surface area contributed by atoms with Gasteiger partial charge < -0.3 is 15.4 Å². The molecule has 1 aliphatic carbocycles. The Balaban J connectivity index is 1.48. The number of rotatable bonds is 6. The molecule has 1 atom stereocenters. The van der Waals surface area contributed by atoms with E-state index in [2.05, 4.69) is 52.0 Å². The second kappa shape index (κ2) is 7.91. The molecule has 0 spiro atoms. The van der Waals surface area contributed by atoms with E-state index in [1.165, 1.54) is 0 Å². The number of anilines is 1. The number of methoxy groups -OCH3 is 1. The van der Waals surface area contributed by atoms with Gasteiger partial charge in [0.05, 0.1) is 19.0 Å². The molecule has 3 aromatic heterocycles. The molecular formula is C25H26N6O. The fraction of sp³-hybridized carbons (Fsp3) is 0.320. The third-order valence-corrected chi connectivity index (χ3v) is 6.28. The van der Waals surface area contributed by atoms with Gasteiger partial charge in [0.2, 0.25) is 0 Å². The maximum atomic E-state index is 5.59. The summed E-state index contributed by atoms with van der Waals surface area (Å²) in [6.07, 6.45) is 5.26. The second-order valence-electron chi connectivity index (χ2n) is 8.61. The summed E-state index contributed by atoms with van der Waals surface area (Å²) in [5.41, 5.74) is 5.79. The quantitative estimate of drug-likeness (QED) is 0.483. The zero-order valence-corrected chi connectivity index (χ0v) is 18.1. The molecule has 6 rings (SSSR count). The smallest absolute Gasteiger partial charge is 0.157 e. The van der Waals surface area contributed by atoms with E-state index in [1.54, 1.807) is 7.11 Å². The van der Waals surface area contributed by atoms with Crippen LogP contribution in [-0.4, -0.2) is 45.8 Å². The van der Waals surface area contributed by atoms with E-state index in [9.17, 15) is 0 Å². The molecule has 0 radical (unpaired) electrons. The molecule has 7 nitrogen and oxygen atoms in total. The third kappa shape index (κ3) is 3.58. The number of hydrogen-bond acceptors (Lipinski definition) is 6. The summed E-state index contributed by atoms with van der Waals surface area (Å²) in [6.45, 7) is 1.99. The van der Waals surface area contributed by atoms with Gasteiger partial charge in [-0.1, -0.05) is 30.3 Å². The number of imidazole rings is 1. The normalized spacial score (nSPS) is 18.2. The monoisotopic (exact) mass is 426 g/mol. The van der Waals surface area contributed by atoms with Crippen LogP contribution in [0.1, 0.15) is 30.9 Å². The molecule has 0 amide bonds. The van der Waals surface area contributed by atoms with Gasteiger partial charge in [0, 0.05) is 24.6 Å². The lowest BCUT2D eigenvalue weighted by atomic mass is 10.0. The van der Waals surface area contributed by atoms with E-state index in [4.69, 9.17) is 14.8 Å². The van der Waals surface area contributed by atoms with Gasteiger partial charge in [-0.25, -0.2) is 14.5 Å². The fourth-order valence-electron chi connectivity index (χ4n) is 4.41. The maximum Gasteiger partial charge on any atom is 0.157 e. The Morgan fingerprint density at radius 1 is 1.06 bits per heavy atom. The summed E-state index contributed by atoms with van der Waals surface area (Å²) in [4.78, 5) is 9.59. The Bertz CT molecular complexity index is 1260. The Morgan fingerprint density at radius 3 is 2.69 bits per heavy atom. The Hall–Kier alpha value is -3.45. The molecule has 4 heterocycles. The molecule has 1 aliphatic heterocycles. The Kier molecular flexibility index (Phi) is 4.76. The van der Waals surface area contributed by atoms with Gasteiger partial charge in [-0.05, 0) is 49.1 Å². The van der Waals surface area contributed by atoms with Crippen LogP contribution in [0.4, 0.5) is 5.82 Å². The van der Waals surface area contributed by atoms with E-state index in [-0.39, 0.29) is 0 Å². The molecule has 7 heteroatoms. The lowest BCUT2D eigenvalue weighted by Gasteiger charge is -2.15. The van der Waals surface area contributed by atoms with Gasteiger partial charge in [-0.15, -0.1) is 0 Å². The third-order valence-electron chi connectivity index (χ3n) is 6.28. The van der Waals surface area contributed by atoms with Gasteiger partial charge in [0.25, 0.3) is 0 Å². The van der Waals surface area contributed by atoms with E-state index in [1.807, 2.05) is 22.8 Å². The molecule has 0 bridgehead atoms. The number of pyridine rings is 1. The first-order chi connectivity index (χ1) is 15.8. The number of benzene rings is 1. The second-order valence-corrected chi connectivity index (χ2v) is 8.61. The summed E-state index contributed by atoms with van der Waals surface area (Å²) >= 11 is 0. The molecule has 1 aromatic carbocycles. The summed E-state index contributed by atoms with van der Waals surface area (Å²) in [5.74, 6) is 2.17. The van der Waals surface area contributed by atoms with Crippen LogP contribution in [0.15, 0.2) is 54.7 Å². The maximum absolute atomic E-state index is 5.59. The van der Waals surface area contributed by atoms with Crippen LogP contribution in [0.3, 0.4) is 0 Å². The molecule has 1 saturated carbocycles. The number of hydrogen-bond donors (Lipinski definition) is 2. The van der Waals surface area contributed by atoms with Crippen molar-refractivity contribution in [1.29, 1.82) is 0 Å². The predicted molar refractivity (Wildman–Crippen MR) is 125 cm³/mol. The van der Waals surface area contributed by atoms with E-state index < -0.39 is 0 Å². The molecule has 2 aliphatic rings. The lowest BCUT2D eigenvalue weighted by Crippen LogP contribution is -2.22. The van der Waals surface area contributed by atoms with Crippen molar-refractivity contribution >= 4 is 11.5 Å². The molecule has 1 unspecified atom stereocenters. The molecule has 32 heavy (non-hydrogen) atoms. The van der Waals surface area contributed by atoms with Crippen molar-refractivity contribution in [2.24, 2.45) is 0 Å². The highest BCUT2D eigenvalue weighted by atomic mass is 16.5. The Labute approximate surface area is 186 Å². The highest BCUT2D eigenvalue weighted by Crippen LogP contribution is 2.43. The van der Waals surface area contributed by atoms with E-state index in [0.717, 1.165) is 77.8 Å². The predicted octanol–water partition coefficient (Wildman–Crippen LogP) is 4.12. The molecule has 162 valence electrons. The first kappa shape index (κ1) is 19.3. The number of ether oxygens (including phenoxy) is 1. The van der Waals surface area contributed by atoms with Crippen molar-refractivity contribution in [2.45, 2.75) is 31.2 Å². The zero-order valence-electron chi connectivity index (χ0n) is 18.1. The van der Waals surface area contributed by atoms with E-state index >= 15 is 0 Å². The van der Waals surface area contributed by atoms with Crippen LogP contribution in [0.2, 0.25) is 0 Å². The average Bonchev–Trinajstić information content (AvgIpc) is 3.40. The summed E-state index contributed by atoms with van der Waals surface area (Å²) in [6, 6.07) is 17.0. The molecule has 2 N–H and O–H groups in total. The fourth-order valence-corrected chi connectivity index (χ4v) is 4.41. The molecule has 2 fully saturated rings. The number of fused-ring (bicyclic) bond motifs is 1. The van der Waals surface area contributed by atoms with Crippen LogP contribution < -0.4 is 15.4 Å². The van der Waals surface area contributed by atoms with Gasteiger partial charge >= 0.3 is 0 Å². The molecular weight excluding hydrogens is 400 g/mol. The minimum Gasteiger partial charge on any atom is -0.495 e. The average molecular weight is 427 g/mol. The lowest BCUT2D eigenvalue weighted by molar-refractivity contribution is 0.405. The van der Waals surface area contributed by atoms with E-state index in [0.29, 0.717) is 12.0 Å². The van der Waals surface area contributed by atoms with Crippen LogP contribution in [0, 0.1) is 0 Å². The Morgan fingerprint density at radius 2 is 1.94 bits per heavy atom. The number of nitrogens with zero attached hydrogens (tertiary/aromatic N) is 4. The van der Waals surface area contributed by atoms with Crippen LogP contribution in [-0.2, 0) is 0 Å². The van der Waals surface area contributed by atoms with Crippen molar-refractivity contribution in [1.82, 2.24) is 24.9 Å². The highest BCUT2D eigenvalue weighted by molar-refractivity contribution is 5.73. The minimum absolute atomic E-state index is 0.382. The topological polar surface area (TPSA) is 76.4 Å². The van der Waals surface area contributed by atoms with Crippen molar-refractivity contribution in [3.63, 3.8) is 0 Å². The van der Waals surface area contributed by atoms with Crippen molar-refractivity contribution in [2.75, 3.05) is 25.5 Å². The molecule has 1 saturated heterocycles. The number of aromatic nitrogens is 4. The van der Waals surface area contributed by atoms with Gasteiger partial charge in [-0.3, -0.25) is 0 Å². The van der Waals surface area contributed by atoms with Gasteiger partial charge in [0.15, 0.2) is 5.65 Å². The SMILES string of the molecule is COc1cc2ncc(-c3cc(-c4ccccc4)cc(NC4CCNC4)n3)n2nc1C1CC1. The first-order valence-electron chi connectivity index (χ1n) is 11.3. The zero-order chi connectivity index (χ0) is 21.5. The largest absolute Gasteiger partial charge is 0.495 e. The molecule has 4 aromatic rings. The van der Waals surface area contributed by atoms with Crippen LogP contribution in [0.5, 0.6) is 5.75 Å². The standard InChI is InChI=1S/C25H26N6O/c1-32-22-13-24-27-15-21(31(24)30-25(22)17-7-8-17)20-11-18(16-5-3-2-4-6-16)12-23(29-20)28-19-9-10-26-14-19/h2-6,11-13,15,17,19,26H,7-10,14H2,1H3,(H,28,29).